The number of carbonyl (C=O) groups excluding carboxylic acids is 1. The van der Waals surface area contributed by atoms with Gasteiger partial charge in [0.15, 0.2) is 6.10 Å². The fraction of sp³-hybridized carbons (Fsp3) is 0.143. The fourth-order valence-electron chi connectivity index (χ4n) is 2.21. The van der Waals surface area contributed by atoms with Crippen molar-refractivity contribution in [2.24, 2.45) is 0 Å². The minimum atomic E-state index is -0.517. The Morgan fingerprint density at radius 1 is 1.22 bits per heavy atom. The van der Waals surface area contributed by atoms with Gasteiger partial charge >= 0.3 is 5.97 Å². The largest absolute Gasteiger partial charge is 0.447 e. The number of hydrogen-bond donors (Lipinski definition) is 1. The van der Waals surface area contributed by atoms with Crippen LogP contribution in [0.2, 0.25) is 0 Å². The van der Waals surface area contributed by atoms with Crippen molar-refractivity contribution in [2.75, 3.05) is 0 Å². The van der Waals surface area contributed by atoms with E-state index in [4.69, 9.17) is 4.74 Å². The number of aliphatic hydroxyl groups excluding tert-OH is 1. The molecule has 0 saturated heterocycles. The maximum Gasteiger partial charge on any atom is 0.339 e. The SMILES string of the molecule is O=C1OC(c2ccccn2)c2c(CO)cccc21. The molecule has 1 aromatic heterocycles. The van der Waals surface area contributed by atoms with Gasteiger partial charge in [-0.2, -0.15) is 0 Å². The number of benzene rings is 1. The maximum absolute atomic E-state index is 11.8. The van der Waals surface area contributed by atoms with Crippen LogP contribution in [0.3, 0.4) is 0 Å². The van der Waals surface area contributed by atoms with Gasteiger partial charge in [-0.05, 0) is 23.8 Å². The van der Waals surface area contributed by atoms with Crippen LogP contribution in [0.4, 0.5) is 0 Å². The van der Waals surface area contributed by atoms with Gasteiger partial charge in [-0.15, -0.1) is 0 Å². The van der Waals surface area contributed by atoms with Gasteiger partial charge in [-0.3, -0.25) is 4.98 Å². The van der Waals surface area contributed by atoms with Gasteiger partial charge in [0.1, 0.15) is 0 Å². The summed E-state index contributed by atoms with van der Waals surface area (Å²) in [5.74, 6) is -0.365. The maximum atomic E-state index is 11.8. The number of pyridine rings is 1. The van der Waals surface area contributed by atoms with Crippen LogP contribution in [0.1, 0.15) is 33.3 Å². The van der Waals surface area contributed by atoms with Crippen LogP contribution < -0.4 is 0 Å². The molecule has 1 atom stereocenters. The van der Waals surface area contributed by atoms with E-state index in [0.29, 0.717) is 16.8 Å². The lowest BCUT2D eigenvalue weighted by Crippen LogP contribution is -2.04. The van der Waals surface area contributed by atoms with Crippen molar-refractivity contribution >= 4 is 5.97 Å². The summed E-state index contributed by atoms with van der Waals surface area (Å²) in [7, 11) is 0. The molecule has 0 fully saturated rings. The van der Waals surface area contributed by atoms with Crippen molar-refractivity contribution in [3.63, 3.8) is 0 Å². The van der Waals surface area contributed by atoms with E-state index in [1.54, 1.807) is 36.5 Å². The average molecular weight is 241 g/mol. The third-order valence-electron chi connectivity index (χ3n) is 3.03. The highest BCUT2D eigenvalue weighted by Gasteiger charge is 2.34. The number of aliphatic hydroxyl groups is 1. The smallest absolute Gasteiger partial charge is 0.339 e. The summed E-state index contributed by atoms with van der Waals surface area (Å²) in [6, 6.07) is 10.7. The summed E-state index contributed by atoms with van der Waals surface area (Å²) in [4.78, 5) is 16.0. The zero-order valence-corrected chi connectivity index (χ0v) is 9.54. The number of nitrogens with zero attached hydrogens (tertiary/aromatic N) is 1. The first-order valence-corrected chi connectivity index (χ1v) is 5.66. The standard InChI is InChI=1S/C14H11NO3/c16-8-9-4-3-5-10-12(9)13(18-14(10)17)11-6-1-2-7-15-11/h1-7,13,16H,8H2. The van der Waals surface area contributed by atoms with Crippen molar-refractivity contribution in [1.82, 2.24) is 4.98 Å². The topological polar surface area (TPSA) is 59.4 Å². The zero-order valence-electron chi connectivity index (χ0n) is 9.54. The molecule has 0 bridgehead atoms. The van der Waals surface area contributed by atoms with Gasteiger partial charge in [-0.1, -0.05) is 18.2 Å². The molecule has 2 aromatic rings. The normalized spacial score (nSPS) is 17.4. The molecule has 3 rings (SSSR count). The van der Waals surface area contributed by atoms with Crippen molar-refractivity contribution in [1.29, 1.82) is 0 Å². The van der Waals surface area contributed by atoms with E-state index >= 15 is 0 Å². The third kappa shape index (κ3) is 1.58. The second-order valence-corrected chi connectivity index (χ2v) is 4.08. The van der Waals surface area contributed by atoms with E-state index < -0.39 is 6.10 Å². The molecule has 90 valence electrons. The number of hydrogen-bond acceptors (Lipinski definition) is 4. The van der Waals surface area contributed by atoms with Gasteiger partial charge in [0.2, 0.25) is 0 Å². The van der Waals surface area contributed by atoms with E-state index in [1.165, 1.54) is 0 Å². The second-order valence-electron chi connectivity index (χ2n) is 4.08. The molecular weight excluding hydrogens is 230 g/mol. The molecule has 1 aromatic carbocycles. The van der Waals surface area contributed by atoms with Crippen LogP contribution in [0.15, 0.2) is 42.6 Å². The van der Waals surface area contributed by atoms with Crippen LogP contribution in [0, 0.1) is 0 Å². The molecule has 0 saturated carbocycles. The lowest BCUT2D eigenvalue weighted by Gasteiger charge is -2.12. The minimum absolute atomic E-state index is 0.122. The molecular formula is C14H11NO3. The Labute approximate surface area is 104 Å². The van der Waals surface area contributed by atoms with Crippen molar-refractivity contribution < 1.29 is 14.6 Å². The van der Waals surface area contributed by atoms with E-state index in [-0.39, 0.29) is 12.6 Å². The molecule has 0 amide bonds. The van der Waals surface area contributed by atoms with E-state index in [0.717, 1.165) is 5.56 Å². The highest BCUT2D eigenvalue weighted by molar-refractivity contribution is 5.95. The minimum Gasteiger partial charge on any atom is -0.447 e. The molecule has 4 nitrogen and oxygen atoms in total. The average Bonchev–Trinajstić information content (AvgIpc) is 2.77. The number of fused-ring (bicyclic) bond motifs is 1. The number of rotatable bonds is 2. The number of ether oxygens (including phenoxy) is 1. The van der Waals surface area contributed by atoms with E-state index in [2.05, 4.69) is 4.98 Å². The predicted molar refractivity (Wildman–Crippen MR) is 63.9 cm³/mol. The molecule has 0 spiro atoms. The van der Waals surface area contributed by atoms with Gasteiger partial charge in [-0.25, -0.2) is 4.79 Å². The fourth-order valence-corrected chi connectivity index (χ4v) is 2.21. The van der Waals surface area contributed by atoms with Gasteiger partial charge < -0.3 is 9.84 Å². The lowest BCUT2D eigenvalue weighted by molar-refractivity contribution is 0.0448. The Balaban J connectivity index is 2.16. The molecule has 1 aliphatic rings. The molecule has 18 heavy (non-hydrogen) atoms. The predicted octanol–water partition coefficient (Wildman–Crippen LogP) is 1.83. The number of cyclic esters (lactones) is 1. The Bertz CT molecular complexity index is 595. The van der Waals surface area contributed by atoms with Crippen molar-refractivity contribution in [3.8, 4) is 0 Å². The molecule has 2 heterocycles. The first-order chi connectivity index (χ1) is 8.81. The molecule has 1 aliphatic heterocycles. The lowest BCUT2D eigenvalue weighted by atomic mass is 9.97. The second kappa shape index (κ2) is 4.23. The van der Waals surface area contributed by atoms with Crippen LogP contribution in [-0.2, 0) is 11.3 Å². The number of carbonyl (C=O) groups is 1. The van der Waals surface area contributed by atoms with Crippen LogP contribution in [0.5, 0.6) is 0 Å². The van der Waals surface area contributed by atoms with Gasteiger partial charge in [0.05, 0.1) is 17.9 Å². The van der Waals surface area contributed by atoms with E-state index in [9.17, 15) is 9.90 Å². The molecule has 1 N–H and O–H groups in total. The number of esters is 1. The Morgan fingerprint density at radius 3 is 2.83 bits per heavy atom. The summed E-state index contributed by atoms with van der Waals surface area (Å²) in [6.07, 6.45) is 1.14. The number of aromatic nitrogens is 1. The monoisotopic (exact) mass is 241 g/mol. The Hall–Kier alpha value is -2.20. The Morgan fingerprint density at radius 2 is 2.11 bits per heavy atom. The van der Waals surface area contributed by atoms with E-state index in [1.807, 2.05) is 6.07 Å². The van der Waals surface area contributed by atoms with Crippen molar-refractivity contribution in [2.45, 2.75) is 12.7 Å². The van der Waals surface area contributed by atoms with Crippen LogP contribution in [0.25, 0.3) is 0 Å². The summed E-state index contributed by atoms with van der Waals surface area (Å²) < 4.78 is 5.35. The quantitative estimate of drug-likeness (QED) is 0.815. The molecule has 0 radical (unpaired) electrons. The zero-order chi connectivity index (χ0) is 12.5. The van der Waals surface area contributed by atoms with Crippen molar-refractivity contribution in [3.05, 3.63) is 65.0 Å². The van der Waals surface area contributed by atoms with Crippen LogP contribution >= 0.6 is 0 Å². The molecule has 1 unspecified atom stereocenters. The highest BCUT2D eigenvalue weighted by Crippen LogP contribution is 2.37. The molecule has 4 heteroatoms. The summed E-state index contributed by atoms with van der Waals surface area (Å²) in [5.41, 5.74) is 2.61. The summed E-state index contributed by atoms with van der Waals surface area (Å²) >= 11 is 0. The molecule has 0 aliphatic carbocycles. The summed E-state index contributed by atoms with van der Waals surface area (Å²) in [6.45, 7) is -0.122. The third-order valence-corrected chi connectivity index (χ3v) is 3.03. The van der Waals surface area contributed by atoms with Gasteiger partial charge in [0, 0.05) is 11.8 Å². The van der Waals surface area contributed by atoms with Gasteiger partial charge in [0.25, 0.3) is 0 Å². The van der Waals surface area contributed by atoms with Crippen LogP contribution in [-0.4, -0.2) is 16.1 Å². The first kappa shape index (κ1) is 10.9. The highest BCUT2D eigenvalue weighted by atomic mass is 16.5. The Kier molecular flexibility index (Phi) is 2.57. The summed E-state index contributed by atoms with van der Waals surface area (Å²) in [5, 5.41) is 9.37. The first-order valence-electron chi connectivity index (χ1n) is 5.66.